The van der Waals surface area contributed by atoms with E-state index in [0.29, 0.717) is 6.04 Å². The molecule has 2 heterocycles. The highest BCUT2D eigenvalue weighted by Gasteiger charge is 2.24. The maximum atomic E-state index is 5.88. The summed E-state index contributed by atoms with van der Waals surface area (Å²) in [4.78, 5) is 9.45. The van der Waals surface area contributed by atoms with Gasteiger partial charge in [-0.3, -0.25) is 4.90 Å². The summed E-state index contributed by atoms with van der Waals surface area (Å²) in [6.45, 7) is 9.35. The number of rotatable bonds is 6. The average Bonchev–Trinajstić information content (AvgIpc) is 2.94. The largest absolute Gasteiger partial charge is 0.344 e. The van der Waals surface area contributed by atoms with E-state index in [2.05, 4.69) is 33.0 Å². The zero-order valence-electron chi connectivity index (χ0n) is 12.0. The minimum Gasteiger partial charge on any atom is -0.344 e. The van der Waals surface area contributed by atoms with Gasteiger partial charge in [0.15, 0.2) is 0 Å². The van der Waals surface area contributed by atoms with Crippen molar-refractivity contribution in [3.63, 3.8) is 0 Å². The maximum Gasteiger partial charge on any atom is 0.205 e. The van der Waals surface area contributed by atoms with Gasteiger partial charge in [-0.25, -0.2) is 4.98 Å². The third kappa shape index (κ3) is 3.64. The predicted molar refractivity (Wildman–Crippen MR) is 80.8 cm³/mol. The van der Waals surface area contributed by atoms with Gasteiger partial charge in [0.05, 0.1) is 0 Å². The SMILES string of the molecule is CCCC(CN)N1CCN(c2nc(CC)ns2)CC1. The van der Waals surface area contributed by atoms with Crippen molar-refractivity contribution < 1.29 is 0 Å². The van der Waals surface area contributed by atoms with Crippen LogP contribution in [0.2, 0.25) is 0 Å². The third-order valence-electron chi connectivity index (χ3n) is 3.77. The molecule has 0 saturated carbocycles. The Bertz CT molecular complexity index is 373. The van der Waals surface area contributed by atoms with E-state index in [9.17, 15) is 0 Å². The van der Waals surface area contributed by atoms with Crippen LogP contribution in [0.25, 0.3) is 0 Å². The molecule has 1 saturated heterocycles. The molecule has 1 unspecified atom stereocenters. The molecule has 0 spiro atoms. The van der Waals surface area contributed by atoms with Crippen LogP contribution in [0.1, 0.15) is 32.5 Å². The van der Waals surface area contributed by atoms with Crippen LogP contribution in [0.15, 0.2) is 0 Å². The quantitative estimate of drug-likeness (QED) is 0.854. The highest BCUT2D eigenvalue weighted by atomic mass is 32.1. The molecule has 19 heavy (non-hydrogen) atoms. The molecule has 1 aromatic heterocycles. The highest BCUT2D eigenvalue weighted by Crippen LogP contribution is 2.20. The summed E-state index contributed by atoms with van der Waals surface area (Å²) in [6, 6.07) is 0.549. The van der Waals surface area contributed by atoms with Crippen LogP contribution in [-0.2, 0) is 6.42 Å². The fourth-order valence-electron chi connectivity index (χ4n) is 2.58. The van der Waals surface area contributed by atoms with Crippen molar-refractivity contribution in [1.29, 1.82) is 0 Å². The summed E-state index contributed by atoms with van der Waals surface area (Å²) in [6.07, 6.45) is 3.33. The first-order chi connectivity index (χ1) is 9.28. The molecule has 0 aromatic carbocycles. The van der Waals surface area contributed by atoms with Gasteiger partial charge in [0, 0.05) is 56.7 Å². The van der Waals surface area contributed by atoms with Gasteiger partial charge < -0.3 is 10.6 Å². The Morgan fingerprint density at radius 3 is 2.53 bits per heavy atom. The van der Waals surface area contributed by atoms with Gasteiger partial charge in [0.25, 0.3) is 0 Å². The first-order valence-corrected chi connectivity index (χ1v) is 8.07. The average molecular weight is 283 g/mol. The zero-order chi connectivity index (χ0) is 13.7. The van der Waals surface area contributed by atoms with Gasteiger partial charge in [-0.15, -0.1) is 0 Å². The van der Waals surface area contributed by atoms with E-state index >= 15 is 0 Å². The fourth-order valence-corrected chi connectivity index (χ4v) is 3.38. The molecular formula is C13H25N5S. The first-order valence-electron chi connectivity index (χ1n) is 7.30. The van der Waals surface area contributed by atoms with E-state index in [0.717, 1.165) is 50.1 Å². The molecule has 6 heteroatoms. The summed E-state index contributed by atoms with van der Waals surface area (Å²) < 4.78 is 4.36. The van der Waals surface area contributed by atoms with E-state index in [-0.39, 0.29) is 0 Å². The second-order valence-corrected chi connectivity index (χ2v) is 5.78. The predicted octanol–water partition coefficient (Wildman–Crippen LogP) is 1.35. The molecule has 0 aliphatic carbocycles. The molecule has 5 nitrogen and oxygen atoms in total. The van der Waals surface area contributed by atoms with Crippen molar-refractivity contribution in [2.24, 2.45) is 5.73 Å². The minimum atomic E-state index is 0.549. The summed E-state index contributed by atoms with van der Waals surface area (Å²) in [7, 11) is 0. The monoisotopic (exact) mass is 283 g/mol. The first kappa shape index (κ1) is 14.7. The smallest absolute Gasteiger partial charge is 0.205 e. The number of anilines is 1. The van der Waals surface area contributed by atoms with E-state index in [4.69, 9.17) is 5.73 Å². The number of nitrogens with two attached hydrogens (primary N) is 1. The van der Waals surface area contributed by atoms with Gasteiger partial charge in [0.2, 0.25) is 5.13 Å². The number of hydrogen-bond donors (Lipinski definition) is 1. The van der Waals surface area contributed by atoms with Gasteiger partial charge in [-0.1, -0.05) is 20.3 Å². The molecule has 1 atom stereocenters. The molecule has 0 radical (unpaired) electrons. The second-order valence-electron chi connectivity index (χ2n) is 5.05. The van der Waals surface area contributed by atoms with Crippen molar-refractivity contribution in [1.82, 2.24) is 14.3 Å². The Labute approximate surface area is 120 Å². The number of hydrogen-bond acceptors (Lipinski definition) is 6. The Kier molecular flexibility index (Phi) is 5.54. The Balaban J connectivity index is 1.87. The van der Waals surface area contributed by atoms with Crippen LogP contribution in [0.5, 0.6) is 0 Å². The maximum absolute atomic E-state index is 5.88. The van der Waals surface area contributed by atoms with Gasteiger partial charge in [-0.2, -0.15) is 4.37 Å². The number of aryl methyl sites for hydroxylation is 1. The summed E-state index contributed by atoms with van der Waals surface area (Å²) in [5.74, 6) is 0.966. The standard InChI is InChI=1S/C13H25N5S/c1-3-5-11(10-14)17-6-8-18(9-7-17)13-15-12(4-2)16-19-13/h11H,3-10,14H2,1-2H3. The van der Waals surface area contributed by atoms with E-state index in [1.807, 2.05) is 0 Å². The van der Waals surface area contributed by atoms with Crippen molar-refractivity contribution in [3.05, 3.63) is 5.82 Å². The number of aromatic nitrogens is 2. The lowest BCUT2D eigenvalue weighted by Crippen LogP contribution is -2.52. The van der Waals surface area contributed by atoms with Crippen LogP contribution in [0.4, 0.5) is 5.13 Å². The molecule has 1 aliphatic rings. The molecule has 1 aromatic rings. The van der Waals surface area contributed by atoms with E-state index in [1.54, 1.807) is 0 Å². The van der Waals surface area contributed by atoms with Crippen LogP contribution in [0.3, 0.4) is 0 Å². The van der Waals surface area contributed by atoms with Crippen LogP contribution >= 0.6 is 11.5 Å². The van der Waals surface area contributed by atoms with E-state index in [1.165, 1.54) is 24.4 Å². The van der Waals surface area contributed by atoms with Crippen molar-refractivity contribution in [2.75, 3.05) is 37.6 Å². The molecule has 108 valence electrons. The van der Waals surface area contributed by atoms with Crippen molar-refractivity contribution in [2.45, 2.75) is 39.2 Å². The van der Waals surface area contributed by atoms with Crippen LogP contribution < -0.4 is 10.6 Å². The van der Waals surface area contributed by atoms with E-state index < -0.39 is 0 Å². The van der Waals surface area contributed by atoms with Crippen molar-refractivity contribution >= 4 is 16.7 Å². The molecule has 2 N–H and O–H groups in total. The Morgan fingerprint density at radius 1 is 1.26 bits per heavy atom. The summed E-state index contributed by atoms with van der Waals surface area (Å²) >= 11 is 1.53. The fraction of sp³-hybridized carbons (Fsp3) is 0.846. The topological polar surface area (TPSA) is 58.3 Å². The number of piperazine rings is 1. The van der Waals surface area contributed by atoms with Gasteiger partial charge in [0.1, 0.15) is 5.82 Å². The molecule has 2 rings (SSSR count). The van der Waals surface area contributed by atoms with Gasteiger partial charge in [-0.05, 0) is 6.42 Å². The molecular weight excluding hydrogens is 258 g/mol. The molecule has 1 aliphatic heterocycles. The normalized spacial score (nSPS) is 18.8. The van der Waals surface area contributed by atoms with Crippen LogP contribution in [0, 0.1) is 0 Å². The Morgan fingerprint density at radius 2 is 2.00 bits per heavy atom. The number of nitrogens with zero attached hydrogens (tertiary/aromatic N) is 4. The van der Waals surface area contributed by atoms with Crippen LogP contribution in [-0.4, -0.2) is 53.0 Å². The summed E-state index contributed by atoms with van der Waals surface area (Å²) in [5, 5.41) is 1.08. The Hall–Kier alpha value is -0.720. The second kappa shape index (κ2) is 7.17. The minimum absolute atomic E-state index is 0.549. The summed E-state index contributed by atoms with van der Waals surface area (Å²) in [5.41, 5.74) is 5.88. The molecule has 0 bridgehead atoms. The lowest BCUT2D eigenvalue weighted by molar-refractivity contribution is 0.179. The highest BCUT2D eigenvalue weighted by molar-refractivity contribution is 7.09. The van der Waals surface area contributed by atoms with Gasteiger partial charge >= 0.3 is 0 Å². The zero-order valence-corrected chi connectivity index (χ0v) is 12.8. The molecule has 0 amide bonds. The molecule has 1 fully saturated rings. The lowest BCUT2D eigenvalue weighted by Gasteiger charge is -2.38. The van der Waals surface area contributed by atoms with Crippen molar-refractivity contribution in [3.8, 4) is 0 Å². The third-order valence-corrected chi connectivity index (χ3v) is 4.58. The lowest BCUT2D eigenvalue weighted by atomic mass is 10.1.